The van der Waals surface area contributed by atoms with E-state index in [1.807, 2.05) is 0 Å². The van der Waals surface area contributed by atoms with Gasteiger partial charge in [-0.15, -0.1) is 0 Å². The van der Waals surface area contributed by atoms with Gasteiger partial charge in [-0.3, -0.25) is 4.90 Å². The Bertz CT molecular complexity index is 525. The SMILES string of the molecule is c1ccc(CN2CCN(CCCCCCCCCCOC3CCCCO3)CC2)cc1. The van der Waals surface area contributed by atoms with Crippen LogP contribution in [0.5, 0.6) is 0 Å². The summed E-state index contributed by atoms with van der Waals surface area (Å²) in [6, 6.07) is 10.9. The van der Waals surface area contributed by atoms with Crippen LogP contribution in [0.15, 0.2) is 30.3 Å². The van der Waals surface area contributed by atoms with Gasteiger partial charge in [0.2, 0.25) is 0 Å². The number of nitrogens with zero attached hydrogens (tertiary/aromatic N) is 2. The van der Waals surface area contributed by atoms with Crippen molar-refractivity contribution >= 4 is 0 Å². The first-order valence-electron chi connectivity index (χ1n) is 12.6. The van der Waals surface area contributed by atoms with Crippen molar-refractivity contribution in [2.75, 3.05) is 45.9 Å². The van der Waals surface area contributed by atoms with Crippen LogP contribution in [0.4, 0.5) is 0 Å². The molecule has 0 spiro atoms. The Labute approximate surface area is 184 Å². The monoisotopic (exact) mass is 416 g/mol. The van der Waals surface area contributed by atoms with Crippen molar-refractivity contribution in [3.05, 3.63) is 35.9 Å². The zero-order valence-corrected chi connectivity index (χ0v) is 19.1. The van der Waals surface area contributed by atoms with E-state index in [1.165, 1.54) is 102 Å². The number of hydrogen-bond donors (Lipinski definition) is 0. The van der Waals surface area contributed by atoms with E-state index < -0.39 is 0 Å². The minimum Gasteiger partial charge on any atom is -0.353 e. The molecule has 2 saturated heterocycles. The van der Waals surface area contributed by atoms with E-state index in [4.69, 9.17) is 9.47 Å². The number of unbranched alkanes of at least 4 members (excludes halogenated alkanes) is 7. The molecule has 3 rings (SSSR count). The molecule has 0 saturated carbocycles. The van der Waals surface area contributed by atoms with Gasteiger partial charge in [-0.2, -0.15) is 0 Å². The lowest BCUT2D eigenvalue weighted by molar-refractivity contribution is -0.162. The van der Waals surface area contributed by atoms with Crippen LogP contribution in [0, 0.1) is 0 Å². The van der Waals surface area contributed by atoms with Crippen LogP contribution < -0.4 is 0 Å². The Morgan fingerprint density at radius 2 is 1.43 bits per heavy atom. The van der Waals surface area contributed by atoms with Crippen LogP contribution in [0.25, 0.3) is 0 Å². The number of piperazine rings is 1. The molecular formula is C26H44N2O2. The van der Waals surface area contributed by atoms with Gasteiger partial charge in [-0.1, -0.05) is 68.9 Å². The molecule has 0 aliphatic carbocycles. The van der Waals surface area contributed by atoms with Crippen molar-refractivity contribution < 1.29 is 9.47 Å². The number of hydrogen-bond acceptors (Lipinski definition) is 4. The highest BCUT2D eigenvalue weighted by Crippen LogP contribution is 2.15. The van der Waals surface area contributed by atoms with Gasteiger partial charge >= 0.3 is 0 Å². The fraction of sp³-hybridized carbons (Fsp3) is 0.769. The van der Waals surface area contributed by atoms with E-state index in [0.29, 0.717) is 0 Å². The zero-order valence-electron chi connectivity index (χ0n) is 19.1. The molecule has 2 fully saturated rings. The molecule has 2 aliphatic heterocycles. The summed E-state index contributed by atoms with van der Waals surface area (Å²) < 4.78 is 11.4. The molecule has 0 aromatic heterocycles. The smallest absolute Gasteiger partial charge is 0.157 e. The summed E-state index contributed by atoms with van der Waals surface area (Å²) in [6.45, 7) is 9.06. The zero-order chi connectivity index (χ0) is 20.7. The van der Waals surface area contributed by atoms with E-state index in [9.17, 15) is 0 Å². The quantitative estimate of drug-likeness (QED) is 0.376. The maximum Gasteiger partial charge on any atom is 0.157 e. The molecule has 0 amide bonds. The van der Waals surface area contributed by atoms with Crippen LogP contribution in [0.3, 0.4) is 0 Å². The van der Waals surface area contributed by atoms with E-state index in [0.717, 1.165) is 26.2 Å². The largest absolute Gasteiger partial charge is 0.353 e. The highest BCUT2D eigenvalue weighted by atomic mass is 16.7. The van der Waals surface area contributed by atoms with Crippen LogP contribution in [-0.4, -0.2) is 62.0 Å². The number of rotatable bonds is 14. The van der Waals surface area contributed by atoms with Crippen molar-refractivity contribution in [3.63, 3.8) is 0 Å². The summed E-state index contributed by atoms with van der Waals surface area (Å²) in [6.07, 6.45) is 14.4. The summed E-state index contributed by atoms with van der Waals surface area (Å²) in [7, 11) is 0. The molecule has 1 atom stereocenters. The van der Waals surface area contributed by atoms with E-state index in [2.05, 4.69) is 40.1 Å². The Morgan fingerprint density at radius 1 is 0.767 bits per heavy atom. The third kappa shape index (κ3) is 9.91. The Morgan fingerprint density at radius 3 is 2.13 bits per heavy atom. The second-order valence-electron chi connectivity index (χ2n) is 9.10. The Balaban J connectivity index is 1.07. The summed E-state index contributed by atoms with van der Waals surface area (Å²) >= 11 is 0. The molecule has 4 nitrogen and oxygen atoms in total. The molecule has 0 bridgehead atoms. The first-order chi connectivity index (χ1) is 14.9. The fourth-order valence-corrected chi connectivity index (χ4v) is 4.57. The predicted molar refractivity (Wildman–Crippen MR) is 125 cm³/mol. The van der Waals surface area contributed by atoms with Crippen LogP contribution in [0.1, 0.15) is 76.2 Å². The molecule has 1 aromatic rings. The Hall–Kier alpha value is -0.940. The summed E-state index contributed by atoms with van der Waals surface area (Å²) in [5.74, 6) is 0. The van der Waals surface area contributed by atoms with Gasteiger partial charge in [0.15, 0.2) is 6.29 Å². The standard InChI is InChI=1S/C26H44N2O2/c1(2-4-6-12-22-29-26-16-10-13-23-30-26)3-5-11-17-27-18-20-28(21-19-27)24-25-14-8-7-9-15-25/h7-9,14-15,26H,1-6,10-13,16-24H2. The van der Waals surface area contributed by atoms with Gasteiger partial charge in [-0.25, -0.2) is 0 Å². The molecule has 0 radical (unpaired) electrons. The molecule has 170 valence electrons. The molecule has 2 aliphatic rings. The molecule has 1 unspecified atom stereocenters. The first-order valence-corrected chi connectivity index (χ1v) is 12.6. The highest BCUT2D eigenvalue weighted by Gasteiger charge is 2.16. The number of benzene rings is 1. The Kier molecular flexibility index (Phi) is 11.8. The fourth-order valence-electron chi connectivity index (χ4n) is 4.57. The van der Waals surface area contributed by atoms with Gasteiger partial charge in [-0.05, 0) is 44.2 Å². The van der Waals surface area contributed by atoms with Crippen LogP contribution in [-0.2, 0) is 16.0 Å². The number of ether oxygens (including phenoxy) is 2. The molecule has 1 aromatic carbocycles. The molecule has 4 heteroatoms. The lowest BCUT2D eigenvalue weighted by atomic mass is 10.1. The predicted octanol–water partition coefficient (Wildman–Crippen LogP) is 5.47. The molecule has 0 N–H and O–H groups in total. The average Bonchev–Trinajstić information content (AvgIpc) is 2.80. The van der Waals surface area contributed by atoms with Gasteiger partial charge < -0.3 is 14.4 Å². The van der Waals surface area contributed by atoms with Gasteiger partial charge in [0.25, 0.3) is 0 Å². The maximum atomic E-state index is 5.81. The van der Waals surface area contributed by atoms with E-state index in [1.54, 1.807) is 0 Å². The van der Waals surface area contributed by atoms with E-state index >= 15 is 0 Å². The first kappa shape index (κ1) is 23.7. The lowest BCUT2D eigenvalue weighted by Crippen LogP contribution is -2.46. The highest BCUT2D eigenvalue weighted by molar-refractivity contribution is 5.14. The minimum atomic E-state index is 0.0885. The van der Waals surface area contributed by atoms with Crippen molar-refractivity contribution in [2.24, 2.45) is 0 Å². The van der Waals surface area contributed by atoms with Gasteiger partial charge in [0.1, 0.15) is 0 Å². The van der Waals surface area contributed by atoms with Crippen molar-refractivity contribution in [2.45, 2.75) is 83.5 Å². The topological polar surface area (TPSA) is 24.9 Å². The minimum absolute atomic E-state index is 0.0885. The second kappa shape index (κ2) is 15.0. The third-order valence-electron chi connectivity index (χ3n) is 6.52. The van der Waals surface area contributed by atoms with Crippen LogP contribution in [0.2, 0.25) is 0 Å². The summed E-state index contributed by atoms with van der Waals surface area (Å²) in [4.78, 5) is 5.26. The van der Waals surface area contributed by atoms with Crippen molar-refractivity contribution in [1.82, 2.24) is 9.80 Å². The van der Waals surface area contributed by atoms with Crippen LogP contribution >= 0.6 is 0 Å². The average molecular weight is 417 g/mol. The van der Waals surface area contributed by atoms with E-state index in [-0.39, 0.29) is 6.29 Å². The molecule has 30 heavy (non-hydrogen) atoms. The molecular weight excluding hydrogens is 372 g/mol. The normalized spacial score (nSPS) is 21.1. The lowest BCUT2D eigenvalue weighted by Gasteiger charge is -2.34. The third-order valence-corrected chi connectivity index (χ3v) is 6.52. The van der Waals surface area contributed by atoms with Gasteiger partial charge in [0.05, 0.1) is 0 Å². The van der Waals surface area contributed by atoms with Crippen molar-refractivity contribution in [1.29, 1.82) is 0 Å². The summed E-state index contributed by atoms with van der Waals surface area (Å²) in [5, 5.41) is 0. The maximum absolute atomic E-state index is 5.81. The second-order valence-corrected chi connectivity index (χ2v) is 9.10. The summed E-state index contributed by atoms with van der Waals surface area (Å²) in [5.41, 5.74) is 1.44. The molecule has 2 heterocycles. The van der Waals surface area contributed by atoms with Gasteiger partial charge in [0, 0.05) is 45.9 Å². The van der Waals surface area contributed by atoms with Crippen molar-refractivity contribution in [3.8, 4) is 0 Å².